The molecule has 1 aliphatic heterocycles. The molecule has 2 fully saturated rings. The van der Waals surface area contributed by atoms with Crippen LogP contribution in [0.25, 0.3) is 0 Å². The fraction of sp³-hybridized carbons (Fsp3) is 0.464. The summed E-state index contributed by atoms with van der Waals surface area (Å²) in [7, 11) is 1.27. The minimum absolute atomic E-state index is 0.164. The highest BCUT2D eigenvalue weighted by Gasteiger charge is 2.69. The number of halogens is 3. The van der Waals surface area contributed by atoms with Crippen LogP contribution in [-0.2, 0) is 19.1 Å². The normalized spacial score (nSPS) is 27.6. The second-order valence-corrected chi connectivity index (χ2v) is 12.1. The highest BCUT2D eigenvalue weighted by Crippen LogP contribution is 2.62. The smallest absolute Gasteiger partial charge is 0.417 e. The van der Waals surface area contributed by atoms with Gasteiger partial charge in [0.25, 0.3) is 0 Å². The van der Waals surface area contributed by atoms with Gasteiger partial charge in [-0.15, -0.1) is 0 Å². The van der Waals surface area contributed by atoms with Gasteiger partial charge in [-0.25, -0.2) is 9.69 Å². The van der Waals surface area contributed by atoms with Crippen LogP contribution < -0.4 is 0 Å². The Hall–Kier alpha value is -2.28. The standard InChI is InChI=1S/C28H30Cl3NO5/c1-15-23-22(16-6-8-17(29)9-7-16)20(19-11-10-18(30)14-21(19)31)12-13-28(23,25(34)36-5)24(33)32(15)26(35)37-27(2,3)4/h6-11,14-15,20,22-23H,12-13H2,1-5H3/t15-,20+,22+,23+,28+/m1/s1. The number of hydrogen-bond donors (Lipinski definition) is 0. The zero-order valence-electron chi connectivity index (χ0n) is 21.4. The van der Waals surface area contributed by atoms with Crippen LogP contribution in [0.4, 0.5) is 4.79 Å². The van der Waals surface area contributed by atoms with Gasteiger partial charge < -0.3 is 9.47 Å². The van der Waals surface area contributed by atoms with Crippen molar-refractivity contribution in [2.75, 3.05) is 7.11 Å². The van der Waals surface area contributed by atoms with Crippen molar-refractivity contribution >= 4 is 52.8 Å². The number of carbonyl (C=O) groups excluding carboxylic acids is 3. The van der Waals surface area contributed by atoms with Crippen LogP contribution in [0, 0.1) is 11.3 Å². The number of hydrogen-bond acceptors (Lipinski definition) is 5. The van der Waals surface area contributed by atoms with Gasteiger partial charge in [0, 0.05) is 27.0 Å². The van der Waals surface area contributed by atoms with E-state index in [2.05, 4.69) is 0 Å². The molecule has 1 saturated heterocycles. The Morgan fingerprint density at radius 1 is 1.03 bits per heavy atom. The van der Waals surface area contributed by atoms with E-state index in [0.29, 0.717) is 21.5 Å². The lowest BCUT2D eigenvalue weighted by molar-refractivity contribution is -0.164. The van der Waals surface area contributed by atoms with Crippen molar-refractivity contribution in [3.8, 4) is 0 Å². The molecule has 37 heavy (non-hydrogen) atoms. The molecule has 0 N–H and O–H groups in total. The Kier molecular flexibility index (Phi) is 7.59. The molecule has 2 aliphatic rings. The van der Waals surface area contributed by atoms with Crippen molar-refractivity contribution in [3.63, 3.8) is 0 Å². The summed E-state index contributed by atoms with van der Waals surface area (Å²) in [6, 6.07) is 12.0. The largest absolute Gasteiger partial charge is 0.468 e. The number of fused-ring (bicyclic) bond motifs is 1. The molecule has 0 spiro atoms. The van der Waals surface area contributed by atoms with Gasteiger partial charge in [0.1, 0.15) is 5.60 Å². The fourth-order valence-corrected chi connectivity index (χ4v) is 6.83. The summed E-state index contributed by atoms with van der Waals surface area (Å²) >= 11 is 19.1. The lowest BCUT2D eigenvalue weighted by atomic mass is 9.55. The Morgan fingerprint density at radius 2 is 1.65 bits per heavy atom. The van der Waals surface area contributed by atoms with Gasteiger partial charge in [-0.05, 0) is 87.8 Å². The minimum Gasteiger partial charge on any atom is -0.468 e. The first-order valence-electron chi connectivity index (χ1n) is 12.2. The van der Waals surface area contributed by atoms with Crippen molar-refractivity contribution in [1.29, 1.82) is 0 Å². The number of imide groups is 1. The highest BCUT2D eigenvalue weighted by atomic mass is 35.5. The van der Waals surface area contributed by atoms with E-state index in [-0.39, 0.29) is 18.3 Å². The molecule has 5 atom stereocenters. The maximum Gasteiger partial charge on any atom is 0.417 e. The minimum atomic E-state index is -1.55. The third-order valence-electron chi connectivity index (χ3n) is 7.52. The second-order valence-electron chi connectivity index (χ2n) is 10.8. The lowest BCUT2D eigenvalue weighted by Gasteiger charge is -2.46. The molecule has 9 heteroatoms. The first kappa shape index (κ1) is 27.7. The number of esters is 1. The maximum absolute atomic E-state index is 14.0. The van der Waals surface area contributed by atoms with Crippen LogP contribution >= 0.6 is 34.8 Å². The fourth-order valence-electron chi connectivity index (χ4n) is 6.15. The molecule has 0 aromatic heterocycles. The van der Waals surface area contributed by atoms with Crippen LogP contribution in [0.2, 0.25) is 15.1 Å². The molecule has 198 valence electrons. The van der Waals surface area contributed by atoms with Gasteiger partial charge in [0.05, 0.1) is 7.11 Å². The summed E-state index contributed by atoms with van der Waals surface area (Å²) in [6.07, 6.45) is -0.125. The summed E-state index contributed by atoms with van der Waals surface area (Å²) in [5, 5.41) is 1.57. The number of ether oxygens (including phenoxy) is 2. The predicted octanol–water partition coefficient (Wildman–Crippen LogP) is 7.25. The maximum atomic E-state index is 14.0. The number of methoxy groups -OCH3 is 1. The summed E-state index contributed by atoms with van der Waals surface area (Å²) in [6.45, 7) is 6.98. The van der Waals surface area contributed by atoms with Gasteiger partial charge >= 0.3 is 12.1 Å². The predicted molar refractivity (Wildman–Crippen MR) is 143 cm³/mol. The lowest BCUT2D eigenvalue weighted by Crippen LogP contribution is -2.50. The van der Waals surface area contributed by atoms with Crippen molar-refractivity contribution in [1.82, 2.24) is 4.90 Å². The van der Waals surface area contributed by atoms with Gasteiger partial charge in [0.15, 0.2) is 5.41 Å². The van der Waals surface area contributed by atoms with E-state index in [1.54, 1.807) is 52.0 Å². The molecule has 1 aliphatic carbocycles. The molecule has 6 nitrogen and oxygen atoms in total. The van der Waals surface area contributed by atoms with E-state index in [0.717, 1.165) is 16.0 Å². The van der Waals surface area contributed by atoms with Gasteiger partial charge in [-0.3, -0.25) is 9.59 Å². The van der Waals surface area contributed by atoms with E-state index >= 15 is 0 Å². The Bertz CT molecular complexity index is 1230. The second kappa shape index (κ2) is 10.1. The molecule has 4 rings (SSSR count). The Balaban J connectivity index is 1.92. The van der Waals surface area contributed by atoms with E-state index in [1.807, 2.05) is 18.2 Å². The van der Waals surface area contributed by atoms with E-state index < -0.39 is 40.9 Å². The Labute approximate surface area is 232 Å². The molecule has 0 bridgehead atoms. The number of likely N-dealkylation sites (tertiary alicyclic amines) is 1. The highest BCUT2D eigenvalue weighted by molar-refractivity contribution is 6.35. The van der Waals surface area contributed by atoms with Crippen molar-refractivity contribution in [2.24, 2.45) is 11.3 Å². The van der Waals surface area contributed by atoms with Gasteiger partial charge in [0.2, 0.25) is 5.91 Å². The zero-order chi connectivity index (χ0) is 27.3. The first-order valence-corrected chi connectivity index (χ1v) is 13.3. The number of benzene rings is 2. The molecule has 1 saturated carbocycles. The molecule has 2 aromatic rings. The molecule has 1 heterocycles. The van der Waals surface area contributed by atoms with Crippen LogP contribution in [0.1, 0.15) is 63.5 Å². The Morgan fingerprint density at radius 3 is 2.22 bits per heavy atom. The van der Waals surface area contributed by atoms with E-state index in [1.165, 1.54) is 7.11 Å². The van der Waals surface area contributed by atoms with Crippen LogP contribution in [0.3, 0.4) is 0 Å². The van der Waals surface area contributed by atoms with Crippen molar-refractivity contribution in [2.45, 2.75) is 64.0 Å². The number of amides is 2. The SMILES string of the molecule is COC(=O)[C@@]12CC[C@@H](c3ccc(Cl)cc3Cl)[C@H](c3ccc(Cl)cc3)[C@@H]1[C@@H](C)N(C(=O)OC(C)(C)C)C2=O. The summed E-state index contributed by atoms with van der Waals surface area (Å²) in [5.41, 5.74) is -0.632. The van der Waals surface area contributed by atoms with E-state index in [4.69, 9.17) is 44.3 Å². The third-order valence-corrected chi connectivity index (χ3v) is 8.34. The monoisotopic (exact) mass is 565 g/mol. The zero-order valence-corrected chi connectivity index (χ0v) is 23.7. The van der Waals surface area contributed by atoms with Crippen molar-refractivity contribution < 1.29 is 23.9 Å². The molecular formula is C28H30Cl3NO5. The number of rotatable bonds is 3. The van der Waals surface area contributed by atoms with Crippen molar-refractivity contribution in [3.05, 3.63) is 68.7 Å². The molecule has 0 unspecified atom stereocenters. The van der Waals surface area contributed by atoms with Crippen LogP contribution in [0.5, 0.6) is 0 Å². The quantitative estimate of drug-likeness (QED) is 0.289. The third kappa shape index (κ3) is 4.84. The topological polar surface area (TPSA) is 72.9 Å². The average Bonchev–Trinajstić information content (AvgIpc) is 3.05. The summed E-state index contributed by atoms with van der Waals surface area (Å²) < 4.78 is 10.8. The van der Waals surface area contributed by atoms with Gasteiger partial charge in [-0.2, -0.15) is 0 Å². The molecule has 0 radical (unpaired) electrons. The average molecular weight is 567 g/mol. The molecular weight excluding hydrogens is 537 g/mol. The summed E-state index contributed by atoms with van der Waals surface area (Å²) in [5.74, 6) is -2.38. The molecule has 2 amide bonds. The molecule has 2 aromatic carbocycles. The summed E-state index contributed by atoms with van der Waals surface area (Å²) in [4.78, 5) is 41.9. The van der Waals surface area contributed by atoms with E-state index in [9.17, 15) is 14.4 Å². The first-order chi connectivity index (χ1) is 17.3. The number of nitrogens with zero attached hydrogens (tertiary/aromatic N) is 1. The number of carbonyl (C=O) groups is 3. The van der Waals surface area contributed by atoms with Crippen LogP contribution in [0.15, 0.2) is 42.5 Å². The van der Waals surface area contributed by atoms with Gasteiger partial charge in [-0.1, -0.05) is 53.0 Å². The van der Waals surface area contributed by atoms with Crippen LogP contribution in [-0.4, -0.2) is 41.6 Å².